The Labute approximate surface area is 83.0 Å². The predicted octanol–water partition coefficient (Wildman–Crippen LogP) is 1.49. The fraction of sp³-hybridized carbons (Fsp3) is 0.500. The average Bonchev–Trinajstić information content (AvgIpc) is 2.47. The van der Waals surface area contributed by atoms with Gasteiger partial charge in [-0.2, -0.15) is 0 Å². The molecule has 0 amide bonds. The van der Waals surface area contributed by atoms with Crippen LogP contribution in [0.1, 0.15) is 25.6 Å². The minimum absolute atomic E-state index is 0.0781. The molecule has 0 aromatic carbocycles. The molecule has 1 aliphatic rings. The second-order valence-corrected chi connectivity index (χ2v) is 3.83. The van der Waals surface area contributed by atoms with Gasteiger partial charge in [0, 0.05) is 0 Å². The highest BCUT2D eigenvalue weighted by Crippen LogP contribution is 2.31. The van der Waals surface area contributed by atoms with Crippen molar-refractivity contribution in [2.45, 2.75) is 25.7 Å². The molecule has 0 unspecified atom stereocenters. The summed E-state index contributed by atoms with van der Waals surface area (Å²) in [7, 11) is 0. The molecule has 2 rings (SSSR count). The number of nitrogens with two attached hydrogens (primary N) is 1. The number of rotatable bonds is 1. The number of nitrogens with zero attached hydrogens (tertiary/aromatic N) is 1. The van der Waals surface area contributed by atoms with Gasteiger partial charge in [0.2, 0.25) is 0 Å². The average molecular weight is 194 g/mol. The van der Waals surface area contributed by atoms with Gasteiger partial charge in [0.15, 0.2) is 5.79 Å². The Morgan fingerprint density at radius 3 is 2.79 bits per heavy atom. The van der Waals surface area contributed by atoms with Gasteiger partial charge in [-0.05, 0) is 26.0 Å². The van der Waals surface area contributed by atoms with Crippen LogP contribution >= 0.6 is 0 Å². The summed E-state index contributed by atoms with van der Waals surface area (Å²) in [5.41, 5.74) is 7.07. The molecule has 2 N–H and O–H groups in total. The van der Waals surface area contributed by atoms with Crippen LogP contribution in [-0.4, -0.2) is 17.4 Å². The monoisotopic (exact) mass is 194 g/mol. The highest BCUT2D eigenvalue weighted by Gasteiger charge is 2.34. The van der Waals surface area contributed by atoms with Gasteiger partial charge in [-0.1, -0.05) is 0 Å². The summed E-state index contributed by atoms with van der Waals surface area (Å²) in [4.78, 5) is 4.20. The molecule has 76 valence electrons. The Kier molecular flexibility index (Phi) is 2.17. The molecule has 1 aromatic heterocycles. The fourth-order valence-corrected chi connectivity index (χ4v) is 1.44. The predicted molar refractivity (Wildman–Crippen MR) is 52.5 cm³/mol. The van der Waals surface area contributed by atoms with Crippen LogP contribution < -0.4 is 5.73 Å². The summed E-state index contributed by atoms with van der Waals surface area (Å²) < 4.78 is 11.1. The smallest absolute Gasteiger partial charge is 0.163 e. The van der Waals surface area contributed by atoms with E-state index in [-0.39, 0.29) is 6.10 Å². The Morgan fingerprint density at radius 2 is 2.29 bits per heavy atom. The number of anilines is 1. The summed E-state index contributed by atoms with van der Waals surface area (Å²) >= 11 is 0. The lowest BCUT2D eigenvalue weighted by molar-refractivity contribution is -0.139. The molecule has 0 bridgehead atoms. The second kappa shape index (κ2) is 3.22. The topological polar surface area (TPSA) is 57.4 Å². The Balaban J connectivity index is 2.14. The highest BCUT2D eigenvalue weighted by atomic mass is 16.7. The molecule has 1 saturated heterocycles. The molecule has 1 fully saturated rings. The van der Waals surface area contributed by atoms with Crippen molar-refractivity contribution in [3.05, 3.63) is 24.0 Å². The zero-order valence-electron chi connectivity index (χ0n) is 8.36. The summed E-state index contributed by atoms with van der Waals surface area (Å²) in [5, 5.41) is 0. The van der Waals surface area contributed by atoms with Gasteiger partial charge in [-0.3, -0.25) is 4.98 Å². The number of aromatic nitrogens is 1. The van der Waals surface area contributed by atoms with Gasteiger partial charge in [0.1, 0.15) is 6.10 Å². The standard InChI is InChI=1S/C10H14N2O2/c1-10(2)13-6-9(14-10)8-4-3-7(11)5-12-8/h3-5,9H,6,11H2,1-2H3/t9-/m1/s1. The van der Waals surface area contributed by atoms with E-state index in [9.17, 15) is 0 Å². The molecule has 4 heteroatoms. The van der Waals surface area contributed by atoms with E-state index in [4.69, 9.17) is 15.2 Å². The molecule has 0 spiro atoms. The number of hydrogen-bond donors (Lipinski definition) is 1. The molecular weight excluding hydrogens is 180 g/mol. The van der Waals surface area contributed by atoms with Crippen LogP contribution in [0.25, 0.3) is 0 Å². The molecule has 1 aromatic rings. The lowest BCUT2D eigenvalue weighted by Crippen LogP contribution is -2.19. The van der Waals surface area contributed by atoms with Crippen molar-refractivity contribution in [3.63, 3.8) is 0 Å². The summed E-state index contributed by atoms with van der Waals surface area (Å²) in [6, 6.07) is 3.68. The molecule has 1 aliphatic heterocycles. The van der Waals surface area contributed by atoms with Crippen LogP contribution in [0.2, 0.25) is 0 Å². The quantitative estimate of drug-likeness (QED) is 0.735. The zero-order valence-corrected chi connectivity index (χ0v) is 8.36. The molecular formula is C10H14N2O2. The van der Waals surface area contributed by atoms with E-state index in [1.165, 1.54) is 0 Å². The molecule has 0 aliphatic carbocycles. The van der Waals surface area contributed by atoms with Crippen molar-refractivity contribution < 1.29 is 9.47 Å². The van der Waals surface area contributed by atoms with Crippen LogP contribution in [0.3, 0.4) is 0 Å². The summed E-state index contributed by atoms with van der Waals surface area (Å²) in [6.07, 6.45) is 1.55. The number of hydrogen-bond acceptors (Lipinski definition) is 4. The van der Waals surface area contributed by atoms with E-state index in [2.05, 4.69) is 4.98 Å². The first kappa shape index (κ1) is 9.43. The van der Waals surface area contributed by atoms with Crippen molar-refractivity contribution in [3.8, 4) is 0 Å². The van der Waals surface area contributed by atoms with Crippen molar-refractivity contribution in [2.75, 3.05) is 12.3 Å². The van der Waals surface area contributed by atoms with E-state index in [0.717, 1.165) is 5.69 Å². The van der Waals surface area contributed by atoms with Crippen LogP contribution in [0, 0.1) is 0 Å². The van der Waals surface area contributed by atoms with E-state index in [0.29, 0.717) is 12.3 Å². The van der Waals surface area contributed by atoms with Gasteiger partial charge >= 0.3 is 0 Å². The molecule has 1 atom stereocenters. The van der Waals surface area contributed by atoms with Crippen LogP contribution in [-0.2, 0) is 9.47 Å². The first-order valence-electron chi connectivity index (χ1n) is 4.60. The van der Waals surface area contributed by atoms with E-state index in [1.807, 2.05) is 26.0 Å². The van der Waals surface area contributed by atoms with Crippen LogP contribution in [0.5, 0.6) is 0 Å². The fourth-order valence-electron chi connectivity index (χ4n) is 1.44. The molecule has 0 radical (unpaired) electrons. The molecule has 2 heterocycles. The van der Waals surface area contributed by atoms with E-state index < -0.39 is 5.79 Å². The van der Waals surface area contributed by atoms with Gasteiger partial charge in [-0.25, -0.2) is 0 Å². The molecule has 4 nitrogen and oxygen atoms in total. The maximum absolute atomic E-state index is 5.65. The van der Waals surface area contributed by atoms with Crippen molar-refractivity contribution in [2.24, 2.45) is 0 Å². The lowest BCUT2D eigenvalue weighted by Gasteiger charge is -2.16. The Morgan fingerprint density at radius 1 is 1.50 bits per heavy atom. The minimum atomic E-state index is -0.506. The minimum Gasteiger partial charge on any atom is -0.397 e. The van der Waals surface area contributed by atoms with E-state index in [1.54, 1.807) is 6.20 Å². The maximum atomic E-state index is 5.65. The molecule has 0 saturated carbocycles. The second-order valence-electron chi connectivity index (χ2n) is 3.83. The summed E-state index contributed by atoms with van der Waals surface area (Å²) in [6.45, 7) is 4.33. The Bertz CT molecular complexity index is 321. The van der Waals surface area contributed by atoms with Crippen molar-refractivity contribution in [1.82, 2.24) is 4.98 Å². The third-order valence-electron chi connectivity index (χ3n) is 2.15. The van der Waals surface area contributed by atoms with Crippen molar-refractivity contribution in [1.29, 1.82) is 0 Å². The summed E-state index contributed by atoms with van der Waals surface area (Å²) in [5.74, 6) is -0.506. The number of nitrogen functional groups attached to an aromatic ring is 1. The highest BCUT2D eigenvalue weighted by molar-refractivity contribution is 5.35. The van der Waals surface area contributed by atoms with Gasteiger partial charge in [0.25, 0.3) is 0 Å². The SMILES string of the molecule is CC1(C)OC[C@H](c2ccc(N)cn2)O1. The Hall–Kier alpha value is -1.13. The molecule has 14 heavy (non-hydrogen) atoms. The van der Waals surface area contributed by atoms with Crippen molar-refractivity contribution >= 4 is 5.69 Å². The third kappa shape index (κ3) is 1.86. The number of ether oxygens (including phenoxy) is 2. The van der Waals surface area contributed by atoms with Gasteiger partial charge in [0.05, 0.1) is 24.2 Å². The van der Waals surface area contributed by atoms with Crippen LogP contribution in [0.4, 0.5) is 5.69 Å². The first-order valence-corrected chi connectivity index (χ1v) is 4.60. The van der Waals surface area contributed by atoms with Crippen LogP contribution in [0.15, 0.2) is 18.3 Å². The zero-order chi connectivity index (χ0) is 10.2. The first-order chi connectivity index (χ1) is 6.57. The van der Waals surface area contributed by atoms with Gasteiger partial charge in [-0.15, -0.1) is 0 Å². The largest absolute Gasteiger partial charge is 0.397 e. The number of pyridine rings is 1. The third-order valence-corrected chi connectivity index (χ3v) is 2.15. The van der Waals surface area contributed by atoms with E-state index >= 15 is 0 Å². The normalized spacial score (nSPS) is 25.1. The van der Waals surface area contributed by atoms with Gasteiger partial charge < -0.3 is 15.2 Å². The lowest BCUT2D eigenvalue weighted by atomic mass is 10.2. The maximum Gasteiger partial charge on any atom is 0.163 e.